The van der Waals surface area contributed by atoms with E-state index in [0.717, 1.165) is 31.9 Å². The highest BCUT2D eigenvalue weighted by molar-refractivity contribution is 7.99. The van der Waals surface area contributed by atoms with Crippen LogP contribution in [0.4, 0.5) is 0 Å². The zero-order valence-corrected chi connectivity index (χ0v) is 12.6. The fourth-order valence-electron chi connectivity index (χ4n) is 1.77. The summed E-state index contributed by atoms with van der Waals surface area (Å²) in [6.07, 6.45) is 2.29. The van der Waals surface area contributed by atoms with Crippen molar-refractivity contribution in [2.75, 3.05) is 26.0 Å². The third kappa shape index (κ3) is 5.89. The minimum atomic E-state index is 0.849. The highest BCUT2D eigenvalue weighted by Crippen LogP contribution is 2.24. The fourth-order valence-corrected chi connectivity index (χ4v) is 2.74. The molecule has 0 amide bonds. The van der Waals surface area contributed by atoms with Gasteiger partial charge in [-0.1, -0.05) is 24.6 Å². The third-order valence-corrected chi connectivity index (χ3v) is 3.91. The molecule has 0 atom stereocenters. The molecule has 0 saturated carbocycles. The van der Waals surface area contributed by atoms with Gasteiger partial charge in [-0.3, -0.25) is 0 Å². The summed E-state index contributed by atoms with van der Waals surface area (Å²) in [6, 6.07) is 6.74. The number of rotatable bonds is 9. The Morgan fingerprint density at radius 2 is 2.17 bits per heavy atom. The normalized spacial score (nSPS) is 10.8. The summed E-state index contributed by atoms with van der Waals surface area (Å²) >= 11 is 1.93. The van der Waals surface area contributed by atoms with Crippen molar-refractivity contribution in [3.05, 3.63) is 29.3 Å². The van der Waals surface area contributed by atoms with Gasteiger partial charge in [0.2, 0.25) is 0 Å². The second-order valence-electron chi connectivity index (χ2n) is 4.48. The second kappa shape index (κ2) is 9.42. The summed E-state index contributed by atoms with van der Waals surface area (Å²) in [5, 5.41) is 3.48. The van der Waals surface area contributed by atoms with Gasteiger partial charge in [-0.05, 0) is 37.9 Å². The lowest BCUT2D eigenvalue weighted by molar-refractivity contribution is 0.200. The molecule has 1 aromatic rings. The van der Waals surface area contributed by atoms with E-state index >= 15 is 0 Å². The number of hydrogen-bond acceptors (Lipinski definition) is 3. The first-order valence-corrected chi connectivity index (χ1v) is 7.68. The van der Waals surface area contributed by atoms with Crippen LogP contribution in [0.3, 0.4) is 0 Å². The number of ether oxygens (including phenoxy) is 1. The van der Waals surface area contributed by atoms with E-state index in [1.165, 1.54) is 22.4 Å². The Balaban J connectivity index is 2.52. The molecule has 0 unspecified atom stereocenters. The Bertz CT molecular complexity index is 341. The molecule has 0 fully saturated rings. The van der Waals surface area contributed by atoms with Gasteiger partial charge >= 0.3 is 0 Å². The molecule has 0 heterocycles. The molecule has 2 nitrogen and oxygen atoms in total. The lowest BCUT2D eigenvalue weighted by Crippen LogP contribution is -2.14. The van der Waals surface area contributed by atoms with Crippen LogP contribution in [0, 0.1) is 6.92 Å². The molecular formula is C15H25NOS. The number of thioether (sulfide) groups is 1. The van der Waals surface area contributed by atoms with Crippen molar-refractivity contribution in [1.82, 2.24) is 5.32 Å². The zero-order valence-electron chi connectivity index (χ0n) is 11.8. The van der Waals surface area contributed by atoms with E-state index in [4.69, 9.17) is 4.74 Å². The van der Waals surface area contributed by atoms with Crippen LogP contribution >= 0.6 is 11.8 Å². The highest BCUT2D eigenvalue weighted by atomic mass is 32.2. The van der Waals surface area contributed by atoms with E-state index in [1.807, 2.05) is 11.8 Å². The summed E-state index contributed by atoms with van der Waals surface area (Å²) in [7, 11) is 1.76. The number of nitrogens with one attached hydrogen (secondary N) is 1. The number of methoxy groups -OCH3 is 1. The predicted octanol–water partition coefficient (Wildman–Crippen LogP) is 3.62. The first-order valence-electron chi connectivity index (χ1n) is 6.70. The molecule has 3 heteroatoms. The van der Waals surface area contributed by atoms with Crippen molar-refractivity contribution in [1.29, 1.82) is 0 Å². The largest absolute Gasteiger partial charge is 0.385 e. The van der Waals surface area contributed by atoms with Gasteiger partial charge in [-0.15, -0.1) is 11.8 Å². The van der Waals surface area contributed by atoms with E-state index in [-0.39, 0.29) is 0 Å². The molecule has 0 aliphatic heterocycles. The predicted molar refractivity (Wildman–Crippen MR) is 80.4 cm³/mol. The average molecular weight is 267 g/mol. The molecule has 0 radical (unpaired) electrons. The van der Waals surface area contributed by atoms with Crippen molar-refractivity contribution < 1.29 is 4.74 Å². The molecule has 0 aliphatic rings. The molecule has 1 N–H and O–H groups in total. The van der Waals surface area contributed by atoms with Crippen LogP contribution in [0.15, 0.2) is 23.1 Å². The van der Waals surface area contributed by atoms with E-state index in [0.29, 0.717) is 0 Å². The summed E-state index contributed by atoms with van der Waals surface area (Å²) in [5.41, 5.74) is 2.76. The molecule has 0 saturated heterocycles. The molecule has 1 aromatic carbocycles. The summed E-state index contributed by atoms with van der Waals surface area (Å²) in [5.74, 6) is 1.12. The van der Waals surface area contributed by atoms with Crippen LogP contribution in [-0.4, -0.2) is 26.0 Å². The molecule has 0 aliphatic carbocycles. The van der Waals surface area contributed by atoms with Gasteiger partial charge in [0, 0.05) is 30.9 Å². The van der Waals surface area contributed by atoms with Crippen molar-refractivity contribution in [2.24, 2.45) is 0 Å². The van der Waals surface area contributed by atoms with Crippen molar-refractivity contribution in [3.63, 3.8) is 0 Å². The molecule has 1 rings (SSSR count). The van der Waals surface area contributed by atoms with Crippen molar-refractivity contribution in [2.45, 2.75) is 38.1 Å². The molecule has 0 aromatic heterocycles. The van der Waals surface area contributed by atoms with E-state index in [2.05, 4.69) is 37.4 Å². The zero-order chi connectivity index (χ0) is 13.2. The van der Waals surface area contributed by atoms with Gasteiger partial charge in [0.1, 0.15) is 0 Å². The van der Waals surface area contributed by atoms with E-state index in [1.54, 1.807) is 7.11 Å². The van der Waals surface area contributed by atoms with Gasteiger partial charge in [-0.25, -0.2) is 0 Å². The van der Waals surface area contributed by atoms with Crippen LogP contribution in [0.5, 0.6) is 0 Å². The van der Waals surface area contributed by atoms with Crippen LogP contribution in [-0.2, 0) is 11.3 Å². The molecule has 0 spiro atoms. The van der Waals surface area contributed by atoms with Crippen molar-refractivity contribution in [3.8, 4) is 0 Å². The Hall–Kier alpha value is -0.510. The minimum absolute atomic E-state index is 0.849. The van der Waals surface area contributed by atoms with Gasteiger partial charge < -0.3 is 10.1 Å². The molecule has 102 valence electrons. The topological polar surface area (TPSA) is 21.3 Å². The third-order valence-electron chi connectivity index (χ3n) is 2.71. The summed E-state index contributed by atoms with van der Waals surface area (Å²) in [4.78, 5) is 1.40. The molecule has 18 heavy (non-hydrogen) atoms. The first-order chi connectivity index (χ1) is 8.77. The monoisotopic (exact) mass is 267 g/mol. The average Bonchev–Trinajstić information content (AvgIpc) is 2.37. The van der Waals surface area contributed by atoms with Crippen LogP contribution in [0.25, 0.3) is 0 Å². The quantitative estimate of drug-likeness (QED) is 0.545. The molecular weight excluding hydrogens is 242 g/mol. The lowest BCUT2D eigenvalue weighted by atomic mass is 10.1. The van der Waals surface area contributed by atoms with E-state index < -0.39 is 0 Å². The standard InChI is InChI=1S/C15H25NOS/c1-4-8-16-12-14-11-13(2)6-7-15(14)18-10-5-9-17-3/h6-7,11,16H,4-5,8-10,12H2,1-3H3. The Labute approximate surface area is 116 Å². The van der Waals surface area contributed by atoms with E-state index in [9.17, 15) is 0 Å². The minimum Gasteiger partial charge on any atom is -0.385 e. The maximum atomic E-state index is 5.08. The molecule has 0 bridgehead atoms. The second-order valence-corrected chi connectivity index (χ2v) is 5.62. The van der Waals surface area contributed by atoms with Gasteiger partial charge in [-0.2, -0.15) is 0 Å². The van der Waals surface area contributed by atoms with Crippen molar-refractivity contribution >= 4 is 11.8 Å². The number of benzene rings is 1. The van der Waals surface area contributed by atoms with Crippen LogP contribution < -0.4 is 5.32 Å². The Morgan fingerprint density at radius 1 is 1.33 bits per heavy atom. The van der Waals surface area contributed by atoms with Gasteiger partial charge in [0.05, 0.1) is 0 Å². The summed E-state index contributed by atoms with van der Waals surface area (Å²) in [6.45, 7) is 7.26. The highest BCUT2D eigenvalue weighted by Gasteiger charge is 2.03. The first kappa shape index (κ1) is 15.5. The van der Waals surface area contributed by atoms with Crippen LogP contribution in [0.2, 0.25) is 0 Å². The van der Waals surface area contributed by atoms with Gasteiger partial charge in [0.15, 0.2) is 0 Å². The lowest BCUT2D eigenvalue weighted by Gasteiger charge is -2.11. The Kier molecular flexibility index (Phi) is 8.14. The smallest absolute Gasteiger partial charge is 0.0470 e. The Morgan fingerprint density at radius 3 is 2.89 bits per heavy atom. The summed E-state index contributed by atoms with van der Waals surface area (Å²) < 4.78 is 5.08. The maximum absolute atomic E-state index is 5.08. The number of aryl methyl sites for hydroxylation is 1. The number of hydrogen-bond donors (Lipinski definition) is 1. The maximum Gasteiger partial charge on any atom is 0.0470 e. The van der Waals surface area contributed by atoms with Gasteiger partial charge in [0.25, 0.3) is 0 Å². The SMILES string of the molecule is CCCNCc1cc(C)ccc1SCCCOC. The van der Waals surface area contributed by atoms with Crippen LogP contribution in [0.1, 0.15) is 30.9 Å². The fraction of sp³-hybridized carbons (Fsp3) is 0.600.